The van der Waals surface area contributed by atoms with Crippen LogP contribution in [0.1, 0.15) is 5.56 Å². The Morgan fingerprint density at radius 2 is 1.69 bits per heavy atom. The molecular weight excluding hydrogens is 353 g/mol. The summed E-state index contributed by atoms with van der Waals surface area (Å²) < 4.78 is 14.9. The van der Waals surface area contributed by atoms with Crippen molar-refractivity contribution in [2.75, 3.05) is 36.0 Å². The van der Waals surface area contributed by atoms with Crippen LogP contribution < -0.4 is 9.80 Å². The lowest BCUT2D eigenvalue weighted by molar-refractivity contribution is 0.619. The van der Waals surface area contributed by atoms with Gasteiger partial charge in [-0.3, -0.25) is 0 Å². The topological polar surface area (TPSA) is 37.2 Å². The van der Waals surface area contributed by atoms with Crippen molar-refractivity contribution in [3.05, 3.63) is 71.3 Å². The van der Waals surface area contributed by atoms with Crippen LogP contribution in [0.5, 0.6) is 0 Å². The van der Waals surface area contributed by atoms with E-state index >= 15 is 0 Å². The lowest BCUT2D eigenvalue weighted by Gasteiger charge is -2.35. The number of piperazine rings is 1. The van der Waals surface area contributed by atoms with Gasteiger partial charge in [0.25, 0.3) is 0 Å². The zero-order chi connectivity index (χ0) is 17.9. The normalized spacial score (nSPS) is 14.7. The van der Waals surface area contributed by atoms with Crippen LogP contribution in [0.2, 0.25) is 5.02 Å². The maximum Gasteiger partial charge on any atom is 0.244 e. The Labute approximate surface area is 156 Å². The molecule has 2 aromatic carbocycles. The molecular formula is C19H19ClFN5. The maximum atomic E-state index is 13.1. The quantitative estimate of drug-likeness (QED) is 0.704. The van der Waals surface area contributed by atoms with Gasteiger partial charge in [-0.15, -0.1) is 5.10 Å². The van der Waals surface area contributed by atoms with Crippen LogP contribution in [0.3, 0.4) is 0 Å². The monoisotopic (exact) mass is 371 g/mol. The van der Waals surface area contributed by atoms with Crippen LogP contribution >= 0.6 is 11.6 Å². The number of halogens is 2. The minimum absolute atomic E-state index is 0.207. The standard InChI is InChI=1S/C19H19ClFN5/c20-16-3-1-2-15(12-16)13-26-14-22-19(23-26)25-10-8-24(9-11-25)18-6-4-17(21)5-7-18/h1-7,12,14H,8-11,13H2. The Bertz CT molecular complexity index is 872. The van der Waals surface area contributed by atoms with Crippen molar-refractivity contribution in [1.29, 1.82) is 0 Å². The van der Waals surface area contributed by atoms with Crippen LogP contribution in [0.4, 0.5) is 16.0 Å². The van der Waals surface area contributed by atoms with Gasteiger partial charge < -0.3 is 9.80 Å². The molecule has 7 heteroatoms. The average molecular weight is 372 g/mol. The van der Waals surface area contributed by atoms with Crippen molar-refractivity contribution in [1.82, 2.24) is 14.8 Å². The van der Waals surface area contributed by atoms with E-state index in [1.165, 1.54) is 12.1 Å². The molecule has 0 aliphatic carbocycles. The predicted octanol–water partition coefficient (Wildman–Crippen LogP) is 3.45. The number of anilines is 2. The van der Waals surface area contributed by atoms with E-state index in [0.717, 1.165) is 48.4 Å². The Hall–Kier alpha value is -2.60. The molecule has 0 amide bonds. The largest absolute Gasteiger partial charge is 0.368 e. The molecule has 3 aromatic rings. The summed E-state index contributed by atoms with van der Waals surface area (Å²) in [5, 5.41) is 5.31. The van der Waals surface area contributed by atoms with Gasteiger partial charge in [0.1, 0.15) is 12.1 Å². The van der Waals surface area contributed by atoms with E-state index in [2.05, 4.69) is 19.9 Å². The summed E-state index contributed by atoms with van der Waals surface area (Å²) in [5.41, 5.74) is 2.14. The minimum Gasteiger partial charge on any atom is -0.368 e. The Morgan fingerprint density at radius 3 is 2.42 bits per heavy atom. The summed E-state index contributed by atoms with van der Waals surface area (Å²) in [7, 11) is 0. The lowest BCUT2D eigenvalue weighted by atomic mass is 10.2. The number of hydrogen-bond donors (Lipinski definition) is 0. The molecule has 5 nitrogen and oxygen atoms in total. The highest BCUT2D eigenvalue weighted by Gasteiger charge is 2.20. The fourth-order valence-corrected chi connectivity index (χ4v) is 3.36. The van der Waals surface area contributed by atoms with Crippen LogP contribution in [0.25, 0.3) is 0 Å². The minimum atomic E-state index is -0.207. The first-order chi connectivity index (χ1) is 12.7. The van der Waals surface area contributed by atoms with Crippen LogP contribution in [-0.4, -0.2) is 40.9 Å². The Morgan fingerprint density at radius 1 is 0.962 bits per heavy atom. The van der Waals surface area contributed by atoms with E-state index in [1.54, 1.807) is 6.33 Å². The summed E-state index contributed by atoms with van der Waals surface area (Å²) in [5.74, 6) is 0.535. The van der Waals surface area contributed by atoms with Gasteiger partial charge in [0.2, 0.25) is 5.95 Å². The summed E-state index contributed by atoms with van der Waals surface area (Å²) in [6.45, 7) is 4.02. The third-order valence-electron chi connectivity index (χ3n) is 4.51. The molecule has 4 rings (SSSR count). The van der Waals surface area contributed by atoms with E-state index in [1.807, 2.05) is 41.1 Å². The van der Waals surface area contributed by atoms with Crippen molar-refractivity contribution in [3.8, 4) is 0 Å². The maximum absolute atomic E-state index is 13.1. The second-order valence-corrected chi connectivity index (χ2v) is 6.76. The van der Waals surface area contributed by atoms with E-state index in [9.17, 15) is 4.39 Å². The number of aromatic nitrogens is 3. The number of hydrogen-bond acceptors (Lipinski definition) is 4. The average Bonchev–Trinajstić information content (AvgIpc) is 3.11. The molecule has 0 spiro atoms. The highest BCUT2D eigenvalue weighted by atomic mass is 35.5. The zero-order valence-corrected chi connectivity index (χ0v) is 15.0. The molecule has 134 valence electrons. The van der Waals surface area contributed by atoms with Gasteiger partial charge in [0.05, 0.1) is 6.54 Å². The lowest BCUT2D eigenvalue weighted by Crippen LogP contribution is -2.47. The first-order valence-electron chi connectivity index (χ1n) is 8.57. The molecule has 0 atom stereocenters. The third-order valence-corrected chi connectivity index (χ3v) is 4.75. The third kappa shape index (κ3) is 3.80. The molecule has 1 saturated heterocycles. The fourth-order valence-electron chi connectivity index (χ4n) is 3.14. The smallest absolute Gasteiger partial charge is 0.244 e. The van der Waals surface area contributed by atoms with Crippen molar-refractivity contribution >= 4 is 23.2 Å². The predicted molar refractivity (Wildman–Crippen MR) is 101 cm³/mol. The van der Waals surface area contributed by atoms with Crippen molar-refractivity contribution in [2.45, 2.75) is 6.54 Å². The molecule has 1 aliphatic heterocycles. The van der Waals surface area contributed by atoms with Gasteiger partial charge in [-0.25, -0.2) is 14.1 Å². The fraction of sp³-hybridized carbons (Fsp3) is 0.263. The Balaban J connectivity index is 1.37. The summed E-state index contributed by atoms with van der Waals surface area (Å²) >= 11 is 6.03. The molecule has 0 unspecified atom stereocenters. The zero-order valence-electron chi connectivity index (χ0n) is 14.2. The highest BCUT2D eigenvalue weighted by Crippen LogP contribution is 2.19. The molecule has 2 heterocycles. The van der Waals surface area contributed by atoms with E-state index in [-0.39, 0.29) is 5.82 Å². The summed E-state index contributed by atoms with van der Waals surface area (Å²) in [6.07, 6.45) is 1.75. The van der Waals surface area contributed by atoms with Gasteiger partial charge in [-0.2, -0.15) is 0 Å². The summed E-state index contributed by atoms with van der Waals surface area (Å²) in [4.78, 5) is 8.87. The van der Waals surface area contributed by atoms with Gasteiger partial charge >= 0.3 is 0 Å². The Kier molecular flexibility index (Phi) is 4.75. The molecule has 1 fully saturated rings. The van der Waals surface area contributed by atoms with Crippen molar-refractivity contribution in [3.63, 3.8) is 0 Å². The molecule has 0 bridgehead atoms. The second kappa shape index (κ2) is 7.33. The molecule has 1 aromatic heterocycles. The molecule has 0 radical (unpaired) electrons. The molecule has 0 N–H and O–H groups in total. The number of benzene rings is 2. The van der Waals surface area contributed by atoms with E-state index < -0.39 is 0 Å². The first kappa shape index (κ1) is 16.8. The van der Waals surface area contributed by atoms with E-state index in [4.69, 9.17) is 11.6 Å². The number of nitrogens with zero attached hydrogens (tertiary/aromatic N) is 5. The van der Waals surface area contributed by atoms with Gasteiger partial charge in [0.15, 0.2) is 0 Å². The summed E-state index contributed by atoms with van der Waals surface area (Å²) in [6, 6.07) is 14.4. The SMILES string of the molecule is Fc1ccc(N2CCN(c3ncn(Cc4cccc(Cl)c4)n3)CC2)cc1. The van der Waals surface area contributed by atoms with Gasteiger partial charge in [0, 0.05) is 36.9 Å². The molecule has 26 heavy (non-hydrogen) atoms. The van der Waals surface area contributed by atoms with Crippen LogP contribution in [-0.2, 0) is 6.54 Å². The van der Waals surface area contributed by atoms with Crippen LogP contribution in [0.15, 0.2) is 54.9 Å². The molecule has 0 saturated carbocycles. The van der Waals surface area contributed by atoms with Crippen molar-refractivity contribution in [2.24, 2.45) is 0 Å². The van der Waals surface area contributed by atoms with Gasteiger partial charge in [-0.05, 0) is 42.0 Å². The second-order valence-electron chi connectivity index (χ2n) is 6.32. The van der Waals surface area contributed by atoms with Crippen molar-refractivity contribution < 1.29 is 4.39 Å². The number of rotatable bonds is 4. The van der Waals surface area contributed by atoms with E-state index in [0.29, 0.717) is 6.54 Å². The highest BCUT2D eigenvalue weighted by molar-refractivity contribution is 6.30. The van der Waals surface area contributed by atoms with Crippen LogP contribution in [0, 0.1) is 5.82 Å². The first-order valence-corrected chi connectivity index (χ1v) is 8.94. The molecule has 1 aliphatic rings. The van der Waals surface area contributed by atoms with Gasteiger partial charge in [-0.1, -0.05) is 23.7 Å².